The monoisotopic (exact) mass is 341 g/mol. The van der Waals surface area contributed by atoms with E-state index in [0.29, 0.717) is 12.8 Å². The molecule has 0 bridgehead atoms. The summed E-state index contributed by atoms with van der Waals surface area (Å²) in [5.41, 5.74) is 2.64. The van der Waals surface area contributed by atoms with Crippen LogP contribution in [0.4, 0.5) is 5.69 Å². The lowest BCUT2D eigenvalue weighted by molar-refractivity contribution is -0.150. The molecule has 1 amide bonds. The number of carbonyl (C=O) groups excluding carboxylic acids is 1. The van der Waals surface area contributed by atoms with Gasteiger partial charge in [-0.3, -0.25) is 4.79 Å². The van der Waals surface area contributed by atoms with Crippen molar-refractivity contribution in [2.75, 3.05) is 5.32 Å². The Morgan fingerprint density at radius 1 is 1.25 bits per heavy atom. The molecule has 1 aromatic rings. The smallest absolute Gasteiger partial charge is 0.332 e. The molecular weight excluding hydrogens is 326 g/mol. The lowest BCUT2D eigenvalue weighted by Gasteiger charge is -2.15. The first-order valence-electron chi connectivity index (χ1n) is 6.34. The zero-order valence-corrected chi connectivity index (χ0v) is 12.9. The van der Waals surface area contributed by atoms with Crippen molar-refractivity contribution in [1.29, 1.82) is 0 Å². The van der Waals surface area contributed by atoms with Crippen molar-refractivity contribution >= 4 is 33.5 Å². The van der Waals surface area contributed by atoms with Crippen LogP contribution in [0.25, 0.3) is 0 Å². The van der Waals surface area contributed by atoms with E-state index in [1.165, 1.54) is 0 Å². The Kier molecular flexibility index (Phi) is 4.45. The molecule has 1 aliphatic heterocycles. The summed E-state index contributed by atoms with van der Waals surface area (Å²) in [6, 6.07) is 3.83. The van der Waals surface area contributed by atoms with E-state index in [-0.39, 0.29) is 5.91 Å². The summed E-state index contributed by atoms with van der Waals surface area (Å²) in [5, 5.41) is 11.7. The molecule has 1 aromatic carbocycles. The molecular formula is C14H16BrNO4. The topological polar surface area (TPSA) is 75.6 Å². The highest BCUT2D eigenvalue weighted by molar-refractivity contribution is 9.10. The fourth-order valence-electron chi connectivity index (χ4n) is 2.32. The second-order valence-corrected chi connectivity index (χ2v) is 5.85. The van der Waals surface area contributed by atoms with Gasteiger partial charge in [-0.1, -0.05) is 15.9 Å². The molecule has 0 spiro atoms. The van der Waals surface area contributed by atoms with Gasteiger partial charge in [0.05, 0.1) is 0 Å². The number of halogens is 1. The van der Waals surface area contributed by atoms with Gasteiger partial charge < -0.3 is 15.2 Å². The molecule has 1 heterocycles. The Labute approximate surface area is 125 Å². The predicted octanol–water partition coefficient (Wildman–Crippen LogP) is 2.64. The third-order valence-electron chi connectivity index (χ3n) is 3.33. The first-order chi connectivity index (χ1) is 9.38. The number of aliphatic carboxylic acids is 1. The maximum atomic E-state index is 12.1. The van der Waals surface area contributed by atoms with E-state index < -0.39 is 18.2 Å². The van der Waals surface area contributed by atoms with Gasteiger partial charge in [-0.05, 0) is 49.9 Å². The number of carbonyl (C=O) groups is 2. The van der Waals surface area contributed by atoms with Crippen LogP contribution < -0.4 is 5.32 Å². The van der Waals surface area contributed by atoms with Gasteiger partial charge in [-0.15, -0.1) is 0 Å². The van der Waals surface area contributed by atoms with Crippen LogP contribution in [0.2, 0.25) is 0 Å². The van der Waals surface area contributed by atoms with Crippen molar-refractivity contribution in [1.82, 2.24) is 0 Å². The summed E-state index contributed by atoms with van der Waals surface area (Å²) in [5.74, 6) is -1.31. The Morgan fingerprint density at radius 3 is 2.30 bits per heavy atom. The molecule has 1 fully saturated rings. The van der Waals surface area contributed by atoms with Crippen LogP contribution in [0, 0.1) is 13.8 Å². The van der Waals surface area contributed by atoms with E-state index in [1.54, 1.807) is 0 Å². The van der Waals surface area contributed by atoms with Crippen molar-refractivity contribution < 1.29 is 19.4 Å². The first kappa shape index (κ1) is 15.0. The van der Waals surface area contributed by atoms with Gasteiger partial charge in [0.1, 0.15) is 6.10 Å². The fraction of sp³-hybridized carbons (Fsp3) is 0.429. The number of ether oxygens (including phenoxy) is 1. The maximum absolute atomic E-state index is 12.1. The number of rotatable bonds is 3. The Bertz CT molecular complexity index is 535. The molecule has 1 saturated heterocycles. The van der Waals surface area contributed by atoms with Crippen molar-refractivity contribution in [2.24, 2.45) is 0 Å². The molecule has 5 nitrogen and oxygen atoms in total. The summed E-state index contributed by atoms with van der Waals surface area (Å²) >= 11 is 3.40. The van der Waals surface area contributed by atoms with Crippen molar-refractivity contribution in [3.63, 3.8) is 0 Å². The highest BCUT2D eigenvalue weighted by atomic mass is 79.9. The number of nitrogens with one attached hydrogen (secondary N) is 1. The lowest BCUT2D eigenvalue weighted by atomic mass is 10.1. The number of hydrogen-bond acceptors (Lipinski definition) is 3. The minimum absolute atomic E-state index is 0.290. The number of carboxylic acids is 1. The second-order valence-electron chi connectivity index (χ2n) is 4.93. The Hall–Kier alpha value is -1.40. The third kappa shape index (κ3) is 3.19. The van der Waals surface area contributed by atoms with Crippen LogP contribution >= 0.6 is 15.9 Å². The highest BCUT2D eigenvalue weighted by Gasteiger charge is 2.34. The molecule has 20 heavy (non-hydrogen) atoms. The van der Waals surface area contributed by atoms with Crippen LogP contribution in [0.3, 0.4) is 0 Å². The largest absolute Gasteiger partial charge is 0.479 e. The number of anilines is 1. The van der Waals surface area contributed by atoms with E-state index in [2.05, 4.69) is 21.2 Å². The molecule has 108 valence electrons. The average molecular weight is 342 g/mol. The zero-order chi connectivity index (χ0) is 14.9. The van der Waals surface area contributed by atoms with Crippen LogP contribution in [0.1, 0.15) is 24.0 Å². The number of amides is 1. The van der Waals surface area contributed by atoms with Crippen LogP contribution in [-0.2, 0) is 14.3 Å². The van der Waals surface area contributed by atoms with E-state index in [0.717, 1.165) is 21.3 Å². The number of aryl methyl sites for hydroxylation is 2. The first-order valence-corrected chi connectivity index (χ1v) is 7.13. The number of hydrogen-bond donors (Lipinski definition) is 2. The average Bonchev–Trinajstić information content (AvgIpc) is 2.83. The van der Waals surface area contributed by atoms with Gasteiger partial charge in [0.2, 0.25) is 0 Å². The molecule has 2 N–H and O–H groups in total. The van der Waals surface area contributed by atoms with Gasteiger partial charge in [-0.2, -0.15) is 0 Å². The van der Waals surface area contributed by atoms with Crippen molar-refractivity contribution in [3.05, 3.63) is 27.7 Å². The number of carboxylic acid groups (broad SMARTS) is 1. The normalized spacial score (nSPS) is 21.8. The van der Waals surface area contributed by atoms with Gasteiger partial charge >= 0.3 is 5.97 Å². The number of benzene rings is 1. The minimum atomic E-state index is -1.02. The van der Waals surface area contributed by atoms with Crippen molar-refractivity contribution in [2.45, 2.75) is 38.9 Å². The molecule has 6 heteroatoms. The van der Waals surface area contributed by atoms with Gasteiger partial charge in [-0.25, -0.2) is 4.79 Å². The van der Waals surface area contributed by atoms with E-state index in [9.17, 15) is 9.59 Å². The third-order valence-corrected chi connectivity index (χ3v) is 3.79. The summed E-state index contributed by atoms with van der Waals surface area (Å²) in [7, 11) is 0. The Morgan fingerprint density at radius 2 is 1.80 bits per heavy atom. The second kappa shape index (κ2) is 5.93. The van der Waals surface area contributed by atoms with Crippen molar-refractivity contribution in [3.8, 4) is 0 Å². The quantitative estimate of drug-likeness (QED) is 0.886. The Balaban J connectivity index is 2.08. The summed E-state index contributed by atoms with van der Waals surface area (Å²) in [4.78, 5) is 22.9. The maximum Gasteiger partial charge on any atom is 0.332 e. The predicted molar refractivity (Wildman–Crippen MR) is 77.8 cm³/mol. The van der Waals surface area contributed by atoms with Gasteiger partial charge in [0.15, 0.2) is 6.10 Å². The molecule has 0 radical (unpaired) electrons. The van der Waals surface area contributed by atoms with Crippen LogP contribution in [0.5, 0.6) is 0 Å². The fourth-order valence-corrected chi connectivity index (χ4v) is 3.01. The van der Waals surface area contributed by atoms with E-state index >= 15 is 0 Å². The summed E-state index contributed by atoms with van der Waals surface area (Å²) in [6.45, 7) is 3.81. The molecule has 1 aliphatic rings. The molecule has 0 aromatic heterocycles. The lowest BCUT2D eigenvalue weighted by Crippen LogP contribution is -2.30. The summed E-state index contributed by atoms with van der Waals surface area (Å²) in [6.07, 6.45) is -0.778. The van der Waals surface area contributed by atoms with Crippen LogP contribution in [-0.4, -0.2) is 29.2 Å². The van der Waals surface area contributed by atoms with Gasteiger partial charge in [0, 0.05) is 10.2 Å². The molecule has 0 aliphatic carbocycles. The van der Waals surface area contributed by atoms with E-state index in [1.807, 2.05) is 26.0 Å². The molecule has 2 unspecified atom stereocenters. The van der Waals surface area contributed by atoms with Gasteiger partial charge in [0.25, 0.3) is 5.91 Å². The van der Waals surface area contributed by atoms with Crippen LogP contribution in [0.15, 0.2) is 16.6 Å². The summed E-state index contributed by atoms with van der Waals surface area (Å²) < 4.78 is 6.19. The zero-order valence-electron chi connectivity index (χ0n) is 11.3. The minimum Gasteiger partial charge on any atom is -0.479 e. The SMILES string of the molecule is Cc1cc(Br)cc(C)c1NC(=O)C1CCC(C(=O)O)O1. The standard InChI is InChI=1S/C14H16BrNO4/c1-7-5-9(15)6-8(2)12(7)16-13(17)10-3-4-11(20-10)14(18)19/h5-6,10-11H,3-4H2,1-2H3,(H,16,17)(H,18,19). The molecule has 0 saturated carbocycles. The molecule has 2 rings (SSSR count). The highest BCUT2D eigenvalue weighted by Crippen LogP contribution is 2.27. The molecule has 2 atom stereocenters. The van der Waals surface area contributed by atoms with E-state index in [4.69, 9.17) is 9.84 Å².